The molecule has 0 saturated carbocycles. The molecule has 0 N–H and O–H groups in total. The van der Waals surface area contributed by atoms with Crippen molar-refractivity contribution in [2.75, 3.05) is 0 Å². The first kappa shape index (κ1) is 12.4. The van der Waals surface area contributed by atoms with Crippen LogP contribution in [0.25, 0.3) is 6.08 Å². The van der Waals surface area contributed by atoms with E-state index in [1.54, 1.807) is 0 Å². The van der Waals surface area contributed by atoms with Gasteiger partial charge in [0.15, 0.2) is 9.04 Å². The number of benzene rings is 1. The summed E-state index contributed by atoms with van der Waals surface area (Å²) in [4.78, 5) is 0. The van der Waals surface area contributed by atoms with Crippen molar-refractivity contribution in [3.05, 3.63) is 42.5 Å². The van der Waals surface area contributed by atoms with Crippen molar-refractivity contribution < 1.29 is 4.12 Å². The molecule has 0 aromatic heterocycles. The number of hydrogen-bond acceptors (Lipinski definition) is 1. The van der Waals surface area contributed by atoms with Crippen molar-refractivity contribution in [3.8, 4) is 0 Å². The van der Waals surface area contributed by atoms with Gasteiger partial charge in [0.1, 0.15) is 10.5 Å². The van der Waals surface area contributed by atoms with Crippen LogP contribution in [0.4, 0.5) is 0 Å². The normalized spacial score (nSPS) is 9.15. The van der Waals surface area contributed by atoms with E-state index in [1.165, 1.54) is 5.56 Å². The van der Waals surface area contributed by atoms with E-state index < -0.39 is 9.04 Å². The Morgan fingerprint density at radius 1 is 1.31 bits per heavy atom. The lowest BCUT2D eigenvalue weighted by molar-refractivity contribution is 0.647. The SMILES string of the molecule is C=Cc1ccccc1.C[SiH](C)O[SiH3]. The molecule has 0 aliphatic heterocycles. The van der Waals surface area contributed by atoms with Crippen LogP contribution >= 0.6 is 0 Å². The first-order valence-corrected chi connectivity index (χ1v) is 8.00. The Morgan fingerprint density at radius 2 is 1.77 bits per heavy atom. The molecule has 13 heavy (non-hydrogen) atoms. The third-order valence-corrected chi connectivity index (χ3v) is 5.28. The fourth-order valence-electron chi connectivity index (χ4n) is 0.589. The molecule has 0 atom stereocenters. The molecule has 1 aromatic rings. The first-order chi connectivity index (χ1) is 6.20. The minimum absolute atomic E-state index is 0.588. The monoisotopic (exact) mass is 210 g/mol. The lowest BCUT2D eigenvalue weighted by Crippen LogP contribution is -2.02. The molecule has 0 bridgehead atoms. The van der Waals surface area contributed by atoms with Crippen molar-refractivity contribution >= 4 is 25.6 Å². The highest BCUT2D eigenvalue weighted by atomic mass is 28.3. The molecule has 0 aliphatic rings. The maximum Gasteiger partial charge on any atom is 0.156 e. The van der Waals surface area contributed by atoms with Crippen LogP contribution < -0.4 is 0 Å². The van der Waals surface area contributed by atoms with Gasteiger partial charge in [0.2, 0.25) is 0 Å². The molecule has 1 aromatic carbocycles. The molecular weight excluding hydrogens is 192 g/mol. The summed E-state index contributed by atoms with van der Waals surface area (Å²) in [6, 6.07) is 10.0. The third-order valence-electron chi connectivity index (χ3n) is 1.51. The van der Waals surface area contributed by atoms with E-state index in [1.807, 2.05) is 36.4 Å². The smallest absolute Gasteiger partial charge is 0.156 e. The van der Waals surface area contributed by atoms with Crippen LogP contribution in [0.2, 0.25) is 13.1 Å². The second-order valence-electron chi connectivity index (χ2n) is 2.90. The van der Waals surface area contributed by atoms with Gasteiger partial charge in [-0.2, -0.15) is 0 Å². The lowest BCUT2D eigenvalue weighted by atomic mass is 10.2. The van der Waals surface area contributed by atoms with Crippen molar-refractivity contribution in [2.24, 2.45) is 0 Å². The van der Waals surface area contributed by atoms with Crippen LogP contribution in [0.5, 0.6) is 0 Å². The van der Waals surface area contributed by atoms with E-state index in [0.717, 1.165) is 10.5 Å². The Balaban J connectivity index is 0.000000252. The molecule has 0 amide bonds. The van der Waals surface area contributed by atoms with E-state index >= 15 is 0 Å². The third kappa shape index (κ3) is 7.71. The van der Waals surface area contributed by atoms with Crippen molar-refractivity contribution in [3.63, 3.8) is 0 Å². The zero-order valence-electron chi connectivity index (χ0n) is 8.66. The molecule has 72 valence electrons. The number of hydrogen-bond donors (Lipinski definition) is 0. The summed E-state index contributed by atoms with van der Waals surface area (Å²) in [5, 5.41) is 0. The second-order valence-corrected chi connectivity index (χ2v) is 6.88. The summed E-state index contributed by atoms with van der Waals surface area (Å²) in [5.41, 5.74) is 1.17. The Kier molecular flexibility index (Phi) is 7.58. The molecule has 1 rings (SSSR count). The van der Waals surface area contributed by atoms with Crippen molar-refractivity contribution in [2.45, 2.75) is 13.1 Å². The molecular formula is C10H18OSi2. The van der Waals surface area contributed by atoms with E-state index in [2.05, 4.69) is 19.7 Å². The first-order valence-electron chi connectivity index (χ1n) is 4.41. The van der Waals surface area contributed by atoms with Gasteiger partial charge in [-0.15, -0.1) is 0 Å². The topological polar surface area (TPSA) is 9.23 Å². The molecule has 3 heteroatoms. The quantitative estimate of drug-likeness (QED) is 0.674. The fraction of sp³-hybridized carbons (Fsp3) is 0.200. The fourth-order valence-corrected chi connectivity index (χ4v) is 0.589. The average Bonchev–Trinajstić information content (AvgIpc) is 2.20. The van der Waals surface area contributed by atoms with Gasteiger partial charge in [-0.05, 0) is 18.7 Å². The Hall–Kier alpha value is -0.646. The highest BCUT2D eigenvalue weighted by Gasteiger charge is 1.82. The molecule has 0 saturated heterocycles. The van der Waals surface area contributed by atoms with E-state index in [0.29, 0.717) is 0 Å². The van der Waals surface area contributed by atoms with Gasteiger partial charge in [-0.25, -0.2) is 0 Å². The molecule has 0 fully saturated rings. The van der Waals surface area contributed by atoms with Crippen LogP contribution in [-0.2, 0) is 4.12 Å². The van der Waals surface area contributed by atoms with Crippen LogP contribution in [0.3, 0.4) is 0 Å². The van der Waals surface area contributed by atoms with E-state index in [9.17, 15) is 0 Å². The summed E-state index contributed by atoms with van der Waals surface area (Å²) in [5.74, 6) is 0. The van der Waals surface area contributed by atoms with Gasteiger partial charge in [-0.3, -0.25) is 0 Å². The molecule has 0 aliphatic carbocycles. The van der Waals surface area contributed by atoms with Gasteiger partial charge in [0.05, 0.1) is 0 Å². The van der Waals surface area contributed by atoms with Gasteiger partial charge < -0.3 is 4.12 Å². The lowest BCUT2D eigenvalue weighted by Gasteiger charge is -1.93. The van der Waals surface area contributed by atoms with Gasteiger partial charge in [0.25, 0.3) is 0 Å². The zero-order chi connectivity index (χ0) is 10.1. The summed E-state index contributed by atoms with van der Waals surface area (Å²) in [6.07, 6.45) is 1.83. The predicted molar refractivity (Wildman–Crippen MR) is 66.4 cm³/mol. The van der Waals surface area contributed by atoms with Crippen molar-refractivity contribution in [1.82, 2.24) is 0 Å². The minimum atomic E-state index is -0.588. The summed E-state index contributed by atoms with van der Waals surface area (Å²) in [6.45, 7) is 7.98. The maximum atomic E-state index is 5.03. The van der Waals surface area contributed by atoms with E-state index in [-0.39, 0.29) is 0 Å². The zero-order valence-corrected chi connectivity index (χ0v) is 11.8. The van der Waals surface area contributed by atoms with Crippen LogP contribution in [-0.4, -0.2) is 19.5 Å². The molecule has 0 radical (unpaired) electrons. The Labute approximate surface area is 85.7 Å². The Morgan fingerprint density at radius 3 is 2.00 bits per heavy atom. The van der Waals surface area contributed by atoms with Gasteiger partial charge >= 0.3 is 0 Å². The summed E-state index contributed by atoms with van der Waals surface area (Å²) >= 11 is 0. The highest BCUT2D eigenvalue weighted by Crippen LogP contribution is 1.97. The van der Waals surface area contributed by atoms with Crippen LogP contribution in [0.15, 0.2) is 36.9 Å². The van der Waals surface area contributed by atoms with Gasteiger partial charge in [0, 0.05) is 0 Å². The van der Waals surface area contributed by atoms with Crippen LogP contribution in [0, 0.1) is 0 Å². The van der Waals surface area contributed by atoms with E-state index in [4.69, 9.17) is 4.12 Å². The summed E-state index contributed by atoms with van der Waals surface area (Å²) in [7, 11) is 0.347. The Bertz CT molecular complexity index is 222. The van der Waals surface area contributed by atoms with Crippen molar-refractivity contribution in [1.29, 1.82) is 0 Å². The molecule has 0 spiro atoms. The summed E-state index contributed by atoms with van der Waals surface area (Å²) < 4.78 is 5.03. The largest absolute Gasteiger partial charge is 0.466 e. The predicted octanol–water partition coefficient (Wildman–Crippen LogP) is 1.60. The second kappa shape index (κ2) is 7.98. The highest BCUT2D eigenvalue weighted by molar-refractivity contribution is 6.52. The molecule has 0 unspecified atom stereocenters. The molecule has 1 nitrogen and oxygen atoms in total. The minimum Gasteiger partial charge on any atom is -0.466 e. The maximum absolute atomic E-state index is 5.03. The van der Waals surface area contributed by atoms with Gasteiger partial charge in [-0.1, -0.05) is 43.0 Å². The molecule has 0 heterocycles. The average molecular weight is 210 g/mol. The standard InChI is InChI=1S/C8H8.C2H10OSi2/c1-2-8-6-4-3-5-7-8;1-5(2)3-4/h2-7H,1H2;5H,1-2,4H3. The number of rotatable bonds is 2. The van der Waals surface area contributed by atoms with Crippen LogP contribution in [0.1, 0.15) is 5.56 Å².